The number of nitrogens with two attached hydrogens (primary N) is 1. The Balaban J connectivity index is 2.37. The normalized spacial score (nSPS) is 17.2. The number of rotatable bonds is 2. The van der Waals surface area contributed by atoms with E-state index in [0.717, 1.165) is 6.07 Å². The highest BCUT2D eigenvalue weighted by Crippen LogP contribution is 2.34. The first kappa shape index (κ1) is 14.8. The number of hydrogen-bond acceptors (Lipinski definition) is 3. The van der Waals surface area contributed by atoms with Gasteiger partial charge < -0.3 is 10.6 Å². The maximum Gasteiger partial charge on any atom is 0.417 e. The number of anilines is 1. The van der Waals surface area contributed by atoms with Gasteiger partial charge >= 0.3 is 6.18 Å². The minimum atomic E-state index is -4.56. The molecule has 0 unspecified atom stereocenters. The SMILES string of the molecule is N=C(N)c1ccc(N2CCS(=O)CC2)cc1C(F)(F)F. The quantitative estimate of drug-likeness (QED) is 0.643. The third-order valence-electron chi connectivity index (χ3n) is 3.14. The third-order valence-corrected chi connectivity index (χ3v) is 4.42. The van der Waals surface area contributed by atoms with Crippen molar-refractivity contribution in [3.63, 3.8) is 0 Å². The average Bonchev–Trinajstić information content (AvgIpc) is 2.38. The Kier molecular flexibility index (Phi) is 4.03. The standard InChI is InChI=1S/C12H14F3N3OS/c13-12(14,15)10-7-8(1-2-9(10)11(16)17)18-3-5-20(19)6-4-18/h1-2,7H,3-6H2,(H3,16,17). The molecule has 0 radical (unpaired) electrons. The first-order valence-electron chi connectivity index (χ1n) is 5.94. The lowest BCUT2D eigenvalue weighted by Crippen LogP contribution is -2.38. The molecule has 1 saturated heterocycles. The summed E-state index contributed by atoms with van der Waals surface area (Å²) in [7, 11) is -0.887. The van der Waals surface area contributed by atoms with Gasteiger partial charge in [-0.25, -0.2) is 0 Å². The molecule has 0 bridgehead atoms. The highest BCUT2D eigenvalue weighted by Gasteiger charge is 2.35. The van der Waals surface area contributed by atoms with E-state index in [-0.39, 0.29) is 5.56 Å². The minimum absolute atomic E-state index is 0.318. The Morgan fingerprint density at radius 3 is 2.40 bits per heavy atom. The first-order chi connectivity index (χ1) is 9.29. The summed E-state index contributed by atoms with van der Waals surface area (Å²) in [4.78, 5) is 1.76. The van der Waals surface area contributed by atoms with Crippen molar-refractivity contribution in [2.24, 2.45) is 5.73 Å². The van der Waals surface area contributed by atoms with Crippen molar-refractivity contribution in [2.75, 3.05) is 29.5 Å². The number of nitrogens with zero attached hydrogens (tertiary/aromatic N) is 1. The molecule has 20 heavy (non-hydrogen) atoms. The van der Waals surface area contributed by atoms with E-state index < -0.39 is 28.4 Å². The molecule has 1 aromatic carbocycles. The van der Waals surface area contributed by atoms with Gasteiger partial charge in [0.25, 0.3) is 0 Å². The highest BCUT2D eigenvalue weighted by molar-refractivity contribution is 7.85. The topological polar surface area (TPSA) is 70.2 Å². The summed E-state index contributed by atoms with van der Waals surface area (Å²) < 4.78 is 50.3. The summed E-state index contributed by atoms with van der Waals surface area (Å²) in [5.41, 5.74) is 4.38. The van der Waals surface area contributed by atoms with Crippen LogP contribution >= 0.6 is 0 Å². The Hall–Kier alpha value is -1.57. The average molecular weight is 305 g/mol. The monoisotopic (exact) mass is 305 g/mol. The van der Waals surface area contributed by atoms with E-state index in [4.69, 9.17) is 11.1 Å². The van der Waals surface area contributed by atoms with Crippen molar-refractivity contribution in [3.05, 3.63) is 29.3 Å². The van der Waals surface area contributed by atoms with Crippen molar-refractivity contribution >= 4 is 22.3 Å². The molecule has 1 aliphatic heterocycles. The van der Waals surface area contributed by atoms with Gasteiger partial charge in [-0.3, -0.25) is 9.62 Å². The van der Waals surface area contributed by atoms with Gasteiger partial charge in [0.1, 0.15) is 5.84 Å². The molecule has 2 rings (SSSR count). The van der Waals surface area contributed by atoms with Crippen LogP contribution in [0.5, 0.6) is 0 Å². The Morgan fingerprint density at radius 1 is 1.30 bits per heavy atom. The second-order valence-electron chi connectivity index (χ2n) is 4.48. The highest BCUT2D eigenvalue weighted by atomic mass is 32.2. The summed E-state index contributed by atoms with van der Waals surface area (Å²) in [5.74, 6) is 0.301. The lowest BCUT2D eigenvalue weighted by atomic mass is 10.0. The van der Waals surface area contributed by atoms with Crippen LogP contribution in [0.25, 0.3) is 0 Å². The zero-order valence-electron chi connectivity index (χ0n) is 10.5. The van der Waals surface area contributed by atoms with Gasteiger partial charge in [-0.05, 0) is 18.2 Å². The first-order valence-corrected chi connectivity index (χ1v) is 7.43. The van der Waals surface area contributed by atoms with E-state index in [2.05, 4.69) is 0 Å². The molecule has 0 amide bonds. The van der Waals surface area contributed by atoms with Crippen LogP contribution in [0, 0.1) is 5.41 Å². The number of alkyl halides is 3. The number of nitrogens with one attached hydrogen (secondary N) is 1. The predicted octanol–water partition coefficient (Wildman–Crippen LogP) is 1.56. The van der Waals surface area contributed by atoms with Gasteiger partial charge in [-0.2, -0.15) is 13.2 Å². The molecule has 8 heteroatoms. The Morgan fingerprint density at radius 2 is 1.90 bits per heavy atom. The molecule has 1 aromatic rings. The molecular weight excluding hydrogens is 291 g/mol. The molecular formula is C12H14F3N3OS. The van der Waals surface area contributed by atoms with Crippen LogP contribution in [-0.2, 0) is 17.0 Å². The van der Waals surface area contributed by atoms with Crippen LogP contribution in [0.1, 0.15) is 11.1 Å². The molecule has 110 valence electrons. The summed E-state index contributed by atoms with van der Waals surface area (Å²) in [6.07, 6.45) is -4.56. The van der Waals surface area contributed by atoms with Crippen molar-refractivity contribution in [1.29, 1.82) is 5.41 Å². The van der Waals surface area contributed by atoms with Crippen molar-refractivity contribution in [3.8, 4) is 0 Å². The van der Waals surface area contributed by atoms with Crippen LogP contribution in [-0.4, -0.2) is 34.6 Å². The number of hydrogen-bond donors (Lipinski definition) is 2. The fourth-order valence-corrected chi connectivity index (χ4v) is 3.15. The van der Waals surface area contributed by atoms with Crippen molar-refractivity contribution in [1.82, 2.24) is 0 Å². The van der Waals surface area contributed by atoms with Gasteiger partial charge in [0.15, 0.2) is 0 Å². The van der Waals surface area contributed by atoms with Crippen LogP contribution in [0.3, 0.4) is 0 Å². The summed E-state index contributed by atoms with van der Waals surface area (Å²) in [6.45, 7) is 0.923. The minimum Gasteiger partial charge on any atom is -0.384 e. The molecule has 0 aromatic heterocycles. The van der Waals surface area contributed by atoms with Crippen molar-refractivity contribution in [2.45, 2.75) is 6.18 Å². The van der Waals surface area contributed by atoms with Crippen molar-refractivity contribution < 1.29 is 17.4 Å². The number of halogens is 3. The fourth-order valence-electron chi connectivity index (χ4n) is 2.09. The number of nitrogen functional groups attached to an aromatic ring is 1. The molecule has 0 saturated carbocycles. The molecule has 1 aliphatic rings. The largest absolute Gasteiger partial charge is 0.417 e. The number of amidine groups is 1. The van der Waals surface area contributed by atoms with Crippen LogP contribution < -0.4 is 10.6 Å². The zero-order chi connectivity index (χ0) is 14.9. The molecule has 1 fully saturated rings. The third kappa shape index (κ3) is 3.12. The zero-order valence-corrected chi connectivity index (χ0v) is 11.4. The summed E-state index contributed by atoms with van der Waals surface area (Å²) >= 11 is 0. The summed E-state index contributed by atoms with van der Waals surface area (Å²) in [5, 5.41) is 7.22. The maximum absolute atomic E-state index is 13.0. The van der Waals surface area contributed by atoms with E-state index >= 15 is 0 Å². The summed E-state index contributed by atoms with van der Waals surface area (Å²) in [6, 6.07) is 3.73. The van der Waals surface area contributed by atoms with Gasteiger partial charge in [0.2, 0.25) is 0 Å². The van der Waals surface area contributed by atoms with E-state index in [0.29, 0.717) is 30.3 Å². The lowest BCUT2D eigenvalue weighted by Gasteiger charge is -2.29. The molecule has 1 heterocycles. The van der Waals surface area contributed by atoms with Crippen LogP contribution in [0.4, 0.5) is 18.9 Å². The molecule has 4 nitrogen and oxygen atoms in total. The van der Waals surface area contributed by atoms with Gasteiger partial charge in [0, 0.05) is 46.6 Å². The van der Waals surface area contributed by atoms with Gasteiger partial charge in [-0.1, -0.05) is 0 Å². The maximum atomic E-state index is 13.0. The van der Waals surface area contributed by atoms with Crippen LogP contribution in [0.15, 0.2) is 18.2 Å². The van der Waals surface area contributed by atoms with Gasteiger partial charge in [-0.15, -0.1) is 0 Å². The smallest absolute Gasteiger partial charge is 0.384 e. The molecule has 0 aliphatic carbocycles. The van der Waals surface area contributed by atoms with E-state index in [9.17, 15) is 17.4 Å². The Labute approximate surface area is 116 Å². The molecule has 0 spiro atoms. The second-order valence-corrected chi connectivity index (χ2v) is 6.17. The molecule has 3 N–H and O–H groups in total. The van der Waals surface area contributed by atoms with E-state index in [1.807, 2.05) is 0 Å². The lowest BCUT2D eigenvalue weighted by molar-refractivity contribution is -0.137. The fraction of sp³-hybridized carbons (Fsp3) is 0.417. The van der Waals surface area contributed by atoms with E-state index in [1.54, 1.807) is 4.90 Å². The van der Waals surface area contributed by atoms with Crippen LogP contribution in [0.2, 0.25) is 0 Å². The predicted molar refractivity (Wildman–Crippen MR) is 72.5 cm³/mol. The second kappa shape index (κ2) is 5.43. The molecule has 0 atom stereocenters. The Bertz CT molecular complexity index is 549. The van der Waals surface area contributed by atoms with Gasteiger partial charge in [0.05, 0.1) is 5.56 Å². The number of benzene rings is 1. The van der Waals surface area contributed by atoms with E-state index in [1.165, 1.54) is 12.1 Å².